The summed E-state index contributed by atoms with van der Waals surface area (Å²) in [7, 11) is 0. The van der Waals surface area contributed by atoms with E-state index in [-0.39, 0.29) is 0 Å². The number of pyridine rings is 1. The SMILES string of the molecule is CCC1CCN(c2ccc(/C=C/C(=O)O)cn2)CC1. The molecular formula is C15H20N2O2. The molecule has 2 rings (SSSR count). The largest absolute Gasteiger partial charge is 0.478 e. The maximum Gasteiger partial charge on any atom is 0.328 e. The molecule has 0 aliphatic carbocycles. The molecule has 4 heteroatoms. The molecule has 0 amide bonds. The maximum atomic E-state index is 10.4. The predicted molar refractivity (Wildman–Crippen MR) is 76.1 cm³/mol. The molecule has 19 heavy (non-hydrogen) atoms. The van der Waals surface area contributed by atoms with Crippen molar-refractivity contribution in [2.45, 2.75) is 26.2 Å². The molecule has 4 nitrogen and oxygen atoms in total. The zero-order valence-corrected chi connectivity index (χ0v) is 11.2. The molecule has 1 fully saturated rings. The van der Waals surface area contributed by atoms with E-state index in [2.05, 4.69) is 16.8 Å². The van der Waals surface area contributed by atoms with Crippen molar-refractivity contribution >= 4 is 17.9 Å². The molecule has 0 spiro atoms. The number of piperidine rings is 1. The Kier molecular flexibility index (Phi) is 4.55. The van der Waals surface area contributed by atoms with Crippen LogP contribution < -0.4 is 4.90 Å². The van der Waals surface area contributed by atoms with Crippen LogP contribution in [-0.2, 0) is 4.79 Å². The molecule has 1 N–H and O–H groups in total. The van der Waals surface area contributed by atoms with Gasteiger partial charge in [0.05, 0.1) is 0 Å². The van der Waals surface area contributed by atoms with Gasteiger partial charge in [0.15, 0.2) is 0 Å². The maximum absolute atomic E-state index is 10.4. The molecule has 0 aromatic carbocycles. The topological polar surface area (TPSA) is 53.4 Å². The lowest BCUT2D eigenvalue weighted by atomic mass is 9.94. The molecule has 1 aromatic rings. The fourth-order valence-electron chi connectivity index (χ4n) is 2.42. The molecule has 0 radical (unpaired) electrons. The average Bonchev–Trinajstić information content (AvgIpc) is 2.46. The summed E-state index contributed by atoms with van der Waals surface area (Å²) in [6.45, 7) is 4.38. The van der Waals surface area contributed by atoms with Crippen molar-refractivity contribution < 1.29 is 9.90 Å². The first-order chi connectivity index (χ1) is 9.19. The third-order valence-corrected chi connectivity index (χ3v) is 3.70. The number of aromatic nitrogens is 1. The van der Waals surface area contributed by atoms with Crippen molar-refractivity contribution in [3.8, 4) is 0 Å². The summed E-state index contributed by atoms with van der Waals surface area (Å²) in [6, 6.07) is 3.88. The van der Waals surface area contributed by atoms with Crippen LogP contribution in [0.2, 0.25) is 0 Å². The molecule has 1 aromatic heterocycles. The van der Waals surface area contributed by atoms with Crippen LogP contribution in [0.3, 0.4) is 0 Å². The molecule has 0 unspecified atom stereocenters. The number of carboxylic acids is 1. The van der Waals surface area contributed by atoms with E-state index < -0.39 is 5.97 Å². The Balaban J connectivity index is 1.97. The van der Waals surface area contributed by atoms with Crippen molar-refractivity contribution in [3.63, 3.8) is 0 Å². The fourth-order valence-corrected chi connectivity index (χ4v) is 2.42. The van der Waals surface area contributed by atoms with Crippen molar-refractivity contribution in [2.24, 2.45) is 5.92 Å². The molecule has 0 saturated carbocycles. The number of hydrogen-bond donors (Lipinski definition) is 1. The van der Waals surface area contributed by atoms with Gasteiger partial charge < -0.3 is 10.0 Å². The van der Waals surface area contributed by atoms with Gasteiger partial charge in [-0.15, -0.1) is 0 Å². The van der Waals surface area contributed by atoms with Gasteiger partial charge >= 0.3 is 5.97 Å². The number of hydrogen-bond acceptors (Lipinski definition) is 3. The third-order valence-electron chi connectivity index (χ3n) is 3.70. The Morgan fingerprint density at radius 2 is 2.21 bits per heavy atom. The minimum Gasteiger partial charge on any atom is -0.478 e. The first kappa shape index (κ1) is 13.6. The number of carboxylic acid groups (broad SMARTS) is 1. The number of rotatable bonds is 4. The van der Waals surface area contributed by atoms with Crippen LogP contribution in [0.4, 0.5) is 5.82 Å². The summed E-state index contributed by atoms with van der Waals surface area (Å²) in [4.78, 5) is 17.1. The normalized spacial score (nSPS) is 17.0. The van der Waals surface area contributed by atoms with E-state index in [1.807, 2.05) is 12.1 Å². The molecule has 1 aliphatic rings. The summed E-state index contributed by atoms with van der Waals surface area (Å²) < 4.78 is 0. The third kappa shape index (κ3) is 3.81. The van der Waals surface area contributed by atoms with Crippen LogP contribution in [0.1, 0.15) is 31.7 Å². The highest BCUT2D eigenvalue weighted by Crippen LogP contribution is 2.23. The summed E-state index contributed by atoms with van der Waals surface area (Å²) in [5.74, 6) is 0.904. The standard InChI is InChI=1S/C15H20N2O2/c1-2-12-7-9-17(10-8-12)14-5-3-13(11-16-14)4-6-15(18)19/h3-6,11-12H,2,7-10H2,1H3,(H,18,19)/b6-4+. The van der Waals surface area contributed by atoms with Gasteiger partial charge in [-0.1, -0.05) is 13.3 Å². The molecular weight excluding hydrogens is 240 g/mol. The second-order valence-corrected chi connectivity index (χ2v) is 4.96. The van der Waals surface area contributed by atoms with Crippen LogP contribution in [0.15, 0.2) is 24.4 Å². The van der Waals surface area contributed by atoms with E-state index in [4.69, 9.17) is 5.11 Å². The monoisotopic (exact) mass is 260 g/mol. The van der Waals surface area contributed by atoms with Gasteiger partial charge in [-0.2, -0.15) is 0 Å². The van der Waals surface area contributed by atoms with Gasteiger partial charge in [0, 0.05) is 25.4 Å². The van der Waals surface area contributed by atoms with Gasteiger partial charge in [0.2, 0.25) is 0 Å². The Hall–Kier alpha value is -1.84. The van der Waals surface area contributed by atoms with Gasteiger partial charge in [0.25, 0.3) is 0 Å². The van der Waals surface area contributed by atoms with Crippen molar-refractivity contribution in [1.82, 2.24) is 4.98 Å². The summed E-state index contributed by atoms with van der Waals surface area (Å²) in [5, 5.41) is 8.57. The quantitative estimate of drug-likeness (QED) is 0.846. The molecule has 0 bridgehead atoms. The minimum atomic E-state index is -0.939. The van der Waals surface area contributed by atoms with Crippen molar-refractivity contribution in [3.05, 3.63) is 30.0 Å². The van der Waals surface area contributed by atoms with Gasteiger partial charge in [0.1, 0.15) is 5.82 Å². The lowest BCUT2D eigenvalue weighted by molar-refractivity contribution is -0.131. The van der Waals surface area contributed by atoms with Gasteiger partial charge in [-0.3, -0.25) is 0 Å². The number of carbonyl (C=O) groups is 1. The average molecular weight is 260 g/mol. The van der Waals surface area contributed by atoms with Crippen LogP contribution >= 0.6 is 0 Å². The van der Waals surface area contributed by atoms with E-state index in [1.165, 1.54) is 19.3 Å². The van der Waals surface area contributed by atoms with Gasteiger partial charge in [-0.05, 0) is 42.5 Å². The van der Waals surface area contributed by atoms with E-state index in [0.717, 1.165) is 36.5 Å². The molecule has 1 aliphatic heterocycles. The first-order valence-corrected chi connectivity index (χ1v) is 6.81. The highest BCUT2D eigenvalue weighted by molar-refractivity contribution is 5.85. The first-order valence-electron chi connectivity index (χ1n) is 6.81. The minimum absolute atomic E-state index is 0.814. The second kappa shape index (κ2) is 6.36. The van der Waals surface area contributed by atoms with E-state index in [9.17, 15) is 4.79 Å². The smallest absolute Gasteiger partial charge is 0.328 e. The lowest BCUT2D eigenvalue weighted by Crippen LogP contribution is -2.33. The molecule has 0 atom stereocenters. The highest BCUT2D eigenvalue weighted by atomic mass is 16.4. The Morgan fingerprint density at radius 3 is 2.74 bits per heavy atom. The van der Waals surface area contributed by atoms with Crippen LogP contribution in [0.25, 0.3) is 6.08 Å². The molecule has 1 saturated heterocycles. The highest BCUT2D eigenvalue weighted by Gasteiger charge is 2.18. The zero-order chi connectivity index (χ0) is 13.7. The Bertz CT molecular complexity index is 446. The predicted octanol–water partition coefficient (Wildman–Crippen LogP) is 2.81. The Morgan fingerprint density at radius 1 is 1.47 bits per heavy atom. The van der Waals surface area contributed by atoms with Crippen molar-refractivity contribution in [2.75, 3.05) is 18.0 Å². The van der Waals surface area contributed by atoms with E-state index >= 15 is 0 Å². The van der Waals surface area contributed by atoms with Crippen molar-refractivity contribution in [1.29, 1.82) is 0 Å². The van der Waals surface area contributed by atoms with Crippen LogP contribution in [0, 0.1) is 5.92 Å². The van der Waals surface area contributed by atoms with E-state index in [0.29, 0.717) is 0 Å². The molecule has 102 valence electrons. The van der Waals surface area contributed by atoms with Crippen LogP contribution in [-0.4, -0.2) is 29.1 Å². The number of anilines is 1. The summed E-state index contributed by atoms with van der Waals surface area (Å²) in [6.07, 6.45) is 8.14. The fraction of sp³-hybridized carbons (Fsp3) is 0.467. The number of aliphatic carboxylic acids is 1. The Labute approximate surface area is 113 Å². The lowest BCUT2D eigenvalue weighted by Gasteiger charge is -2.32. The van der Waals surface area contributed by atoms with Gasteiger partial charge in [-0.25, -0.2) is 9.78 Å². The van der Waals surface area contributed by atoms with Crippen LogP contribution in [0.5, 0.6) is 0 Å². The second-order valence-electron chi connectivity index (χ2n) is 4.96. The summed E-state index contributed by atoms with van der Waals surface area (Å²) in [5.41, 5.74) is 0.814. The zero-order valence-electron chi connectivity index (χ0n) is 11.2. The number of nitrogens with zero attached hydrogens (tertiary/aromatic N) is 2. The van der Waals surface area contributed by atoms with E-state index in [1.54, 1.807) is 12.3 Å². The summed E-state index contributed by atoms with van der Waals surface area (Å²) >= 11 is 0. The molecule has 2 heterocycles.